The maximum absolute atomic E-state index is 11.0. The molecule has 0 aliphatic carbocycles. The standard InChI is InChI=1S/C15H21NO2/c17-15(18)14-10-6-12-16(14)11-5-4-9-13-7-2-1-3-8-13/h1-3,7-8,14H,4-6,9-12H2,(H,17,18)/t14-/m1/s1. The number of carbonyl (C=O) groups is 1. The Bertz CT molecular complexity index is 377. The minimum Gasteiger partial charge on any atom is -0.480 e. The molecule has 18 heavy (non-hydrogen) atoms. The lowest BCUT2D eigenvalue weighted by atomic mass is 10.1. The zero-order valence-electron chi connectivity index (χ0n) is 10.7. The Balaban J connectivity index is 1.68. The van der Waals surface area contributed by atoms with E-state index in [1.54, 1.807) is 0 Å². The third-order valence-electron chi connectivity index (χ3n) is 3.65. The molecule has 98 valence electrons. The second kappa shape index (κ2) is 6.55. The number of hydrogen-bond acceptors (Lipinski definition) is 2. The van der Waals surface area contributed by atoms with Gasteiger partial charge in [0.1, 0.15) is 6.04 Å². The van der Waals surface area contributed by atoms with Gasteiger partial charge in [-0.05, 0) is 50.8 Å². The van der Waals surface area contributed by atoms with E-state index in [9.17, 15) is 4.79 Å². The molecule has 1 fully saturated rings. The van der Waals surface area contributed by atoms with Gasteiger partial charge < -0.3 is 5.11 Å². The summed E-state index contributed by atoms with van der Waals surface area (Å²) < 4.78 is 0. The summed E-state index contributed by atoms with van der Waals surface area (Å²) in [6.07, 6.45) is 5.14. The second-order valence-corrected chi connectivity index (χ2v) is 4.97. The first-order valence-electron chi connectivity index (χ1n) is 6.78. The van der Waals surface area contributed by atoms with Crippen molar-refractivity contribution in [3.8, 4) is 0 Å². The predicted octanol–water partition coefficient (Wildman–Crippen LogP) is 2.56. The Labute approximate surface area is 108 Å². The quantitative estimate of drug-likeness (QED) is 0.785. The van der Waals surface area contributed by atoms with Crippen molar-refractivity contribution in [2.75, 3.05) is 13.1 Å². The molecule has 0 amide bonds. The molecule has 1 heterocycles. The van der Waals surface area contributed by atoms with Gasteiger partial charge in [-0.3, -0.25) is 9.69 Å². The van der Waals surface area contributed by atoms with Crippen LogP contribution in [0, 0.1) is 0 Å². The summed E-state index contributed by atoms with van der Waals surface area (Å²) in [6, 6.07) is 10.2. The number of carboxylic acid groups (broad SMARTS) is 1. The van der Waals surface area contributed by atoms with Crippen LogP contribution in [0.25, 0.3) is 0 Å². The summed E-state index contributed by atoms with van der Waals surface area (Å²) in [7, 11) is 0. The number of likely N-dealkylation sites (tertiary alicyclic amines) is 1. The third-order valence-corrected chi connectivity index (χ3v) is 3.65. The van der Waals surface area contributed by atoms with Crippen LogP contribution in [0.3, 0.4) is 0 Å². The van der Waals surface area contributed by atoms with Crippen molar-refractivity contribution in [2.45, 2.75) is 38.1 Å². The normalized spacial score (nSPS) is 20.1. The van der Waals surface area contributed by atoms with Crippen LogP contribution in [0.4, 0.5) is 0 Å². The minimum absolute atomic E-state index is 0.235. The average Bonchev–Trinajstić information content (AvgIpc) is 2.84. The van der Waals surface area contributed by atoms with Gasteiger partial charge in [0.05, 0.1) is 0 Å². The largest absolute Gasteiger partial charge is 0.480 e. The van der Waals surface area contributed by atoms with Gasteiger partial charge in [-0.1, -0.05) is 30.3 Å². The van der Waals surface area contributed by atoms with E-state index in [2.05, 4.69) is 29.2 Å². The number of carboxylic acids is 1. The molecular formula is C15H21NO2. The van der Waals surface area contributed by atoms with E-state index in [4.69, 9.17) is 5.11 Å². The van der Waals surface area contributed by atoms with Crippen LogP contribution in [-0.4, -0.2) is 35.1 Å². The fraction of sp³-hybridized carbons (Fsp3) is 0.533. The van der Waals surface area contributed by atoms with Crippen molar-refractivity contribution >= 4 is 5.97 Å². The van der Waals surface area contributed by atoms with E-state index in [1.807, 2.05) is 6.07 Å². The molecule has 1 aromatic carbocycles. The highest BCUT2D eigenvalue weighted by molar-refractivity contribution is 5.73. The number of rotatable bonds is 6. The van der Waals surface area contributed by atoms with Gasteiger partial charge in [0.15, 0.2) is 0 Å². The van der Waals surface area contributed by atoms with E-state index in [0.717, 1.165) is 45.2 Å². The number of hydrogen-bond donors (Lipinski definition) is 1. The van der Waals surface area contributed by atoms with E-state index in [-0.39, 0.29) is 6.04 Å². The molecule has 1 aromatic rings. The highest BCUT2D eigenvalue weighted by Crippen LogP contribution is 2.18. The summed E-state index contributed by atoms with van der Waals surface area (Å²) >= 11 is 0. The zero-order valence-corrected chi connectivity index (χ0v) is 10.7. The van der Waals surface area contributed by atoms with Crippen LogP contribution in [-0.2, 0) is 11.2 Å². The molecule has 1 aliphatic rings. The first-order chi connectivity index (χ1) is 8.77. The number of nitrogens with zero attached hydrogens (tertiary/aromatic N) is 1. The Hall–Kier alpha value is -1.35. The fourth-order valence-electron chi connectivity index (χ4n) is 2.66. The van der Waals surface area contributed by atoms with Crippen molar-refractivity contribution in [1.29, 1.82) is 0 Å². The molecule has 0 aromatic heterocycles. The maximum atomic E-state index is 11.0. The number of benzene rings is 1. The number of aryl methyl sites for hydroxylation is 1. The lowest BCUT2D eigenvalue weighted by Crippen LogP contribution is -2.36. The van der Waals surface area contributed by atoms with Gasteiger partial charge in [0.25, 0.3) is 0 Å². The fourth-order valence-corrected chi connectivity index (χ4v) is 2.66. The molecule has 0 unspecified atom stereocenters. The summed E-state index contributed by atoms with van der Waals surface area (Å²) in [5, 5.41) is 9.08. The molecule has 0 saturated carbocycles. The first kappa shape index (κ1) is 13.1. The molecule has 2 rings (SSSR count). The van der Waals surface area contributed by atoms with Crippen LogP contribution in [0.5, 0.6) is 0 Å². The van der Waals surface area contributed by atoms with Gasteiger partial charge in [0.2, 0.25) is 0 Å². The van der Waals surface area contributed by atoms with Crippen LogP contribution >= 0.6 is 0 Å². The lowest BCUT2D eigenvalue weighted by Gasteiger charge is -2.20. The van der Waals surface area contributed by atoms with E-state index < -0.39 is 5.97 Å². The molecule has 0 bridgehead atoms. The minimum atomic E-state index is -0.657. The van der Waals surface area contributed by atoms with Crippen LogP contribution in [0.15, 0.2) is 30.3 Å². The topological polar surface area (TPSA) is 40.5 Å². The molecule has 3 nitrogen and oxygen atoms in total. The molecule has 0 spiro atoms. The van der Waals surface area contributed by atoms with Crippen LogP contribution in [0.2, 0.25) is 0 Å². The van der Waals surface area contributed by atoms with Gasteiger partial charge in [-0.15, -0.1) is 0 Å². The Morgan fingerprint density at radius 3 is 2.78 bits per heavy atom. The van der Waals surface area contributed by atoms with Gasteiger partial charge in [-0.25, -0.2) is 0 Å². The van der Waals surface area contributed by atoms with Crippen molar-refractivity contribution in [2.24, 2.45) is 0 Å². The predicted molar refractivity (Wildman–Crippen MR) is 71.6 cm³/mol. The third kappa shape index (κ3) is 3.57. The Morgan fingerprint density at radius 1 is 1.28 bits per heavy atom. The summed E-state index contributed by atoms with van der Waals surface area (Å²) in [6.45, 7) is 1.87. The van der Waals surface area contributed by atoms with E-state index >= 15 is 0 Å². The Morgan fingerprint density at radius 2 is 2.06 bits per heavy atom. The second-order valence-electron chi connectivity index (χ2n) is 4.97. The SMILES string of the molecule is O=C(O)[C@H]1CCCN1CCCCc1ccccc1. The van der Waals surface area contributed by atoms with E-state index in [1.165, 1.54) is 5.56 Å². The summed E-state index contributed by atoms with van der Waals surface area (Å²) in [5.74, 6) is -0.657. The Kier molecular flexibility index (Phi) is 4.76. The van der Waals surface area contributed by atoms with E-state index in [0.29, 0.717) is 0 Å². The molecule has 1 aliphatic heterocycles. The highest BCUT2D eigenvalue weighted by Gasteiger charge is 2.29. The van der Waals surface area contributed by atoms with Gasteiger partial charge in [0, 0.05) is 0 Å². The summed E-state index contributed by atoms with van der Waals surface area (Å²) in [5.41, 5.74) is 1.37. The number of unbranched alkanes of at least 4 members (excludes halogenated alkanes) is 1. The van der Waals surface area contributed by atoms with Crippen LogP contribution < -0.4 is 0 Å². The molecule has 1 N–H and O–H groups in total. The van der Waals surface area contributed by atoms with Crippen molar-refractivity contribution < 1.29 is 9.90 Å². The van der Waals surface area contributed by atoms with Crippen molar-refractivity contribution in [1.82, 2.24) is 4.90 Å². The van der Waals surface area contributed by atoms with Crippen LogP contribution in [0.1, 0.15) is 31.2 Å². The molecule has 3 heteroatoms. The van der Waals surface area contributed by atoms with Gasteiger partial charge in [-0.2, -0.15) is 0 Å². The average molecular weight is 247 g/mol. The maximum Gasteiger partial charge on any atom is 0.320 e. The molecule has 1 saturated heterocycles. The monoisotopic (exact) mass is 247 g/mol. The smallest absolute Gasteiger partial charge is 0.320 e. The number of aliphatic carboxylic acids is 1. The van der Waals surface area contributed by atoms with Crippen molar-refractivity contribution in [3.63, 3.8) is 0 Å². The first-order valence-corrected chi connectivity index (χ1v) is 6.78. The molecular weight excluding hydrogens is 226 g/mol. The zero-order chi connectivity index (χ0) is 12.8. The highest BCUT2D eigenvalue weighted by atomic mass is 16.4. The van der Waals surface area contributed by atoms with Gasteiger partial charge >= 0.3 is 5.97 Å². The summed E-state index contributed by atoms with van der Waals surface area (Å²) in [4.78, 5) is 13.1. The van der Waals surface area contributed by atoms with Crippen molar-refractivity contribution in [3.05, 3.63) is 35.9 Å². The lowest BCUT2D eigenvalue weighted by molar-refractivity contribution is -0.142. The molecule has 1 atom stereocenters. The molecule has 0 radical (unpaired) electrons.